The highest BCUT2D eigenvalue weighted by Crippen LogP contribution is 2.64. The van der Waals surface area contributed by atoms with Gasteiger partial charge in [-0.1, -0.05) is 53.6 Å². The fraction of sp³-hybridized carbons (Fsp3) is 0.250. The lowest BCUT2D eigenvalue weighted by atomic mass is 9.51. The van der Waals surface area contributed by atoms with Crippen LogP contribution in [0.3, 0.4) is 0 Å². The monoisotopic (exact) mass is 976 g/mol. The lowest BCUT2D eigenvalue weighted by molar-refractivity contribution is -0.131. The Bertz CT molecular complexity index is 2980. The zero-order chi connectivity index (χ0) is 43.5. The number of methoxy groups -OCH3 is 1. The number of ether oxygens (including phenoxy) is 1. The number of allylic oxidation sites excluding steroid dienone is 2. The van der Waals surface area contributed by atoms with Crippen LogP contribution in [0.25, 0.3) is 20.7 Å². The number of phenolic OH excluding ortho intramolecular Hbond substituents is 1. The molecule has 3 fully saturated rings. The zero-order valence-corrected chi connectivity index (χ0v) is 37.6. The largest absolute Gasteiger partial charge is 0.504 e. The van der Waals surface area contributed by atoms with Crippen LogP contribution < -0.4 is 14.5 Å². The summed E-state index contributed by atoms with van der Waals surface area (Å²) >= 11 is 9.93. The highest BCUT2D eigenvalue weighted by Gasteiger charge is 2.68. The minimum atomic E-state index is -1.33. The molecule has 4 aromatic carbocycles. The number of nitrogens with zero attached hydrogens (tertiary/aromatic N) is 4. The maximum absolute atomic E-state index is 15.3. The highest BCUT2D eigenvalue weighted by atomic mass is 127. The lowest BCUT2D eigenvalue weighted by Crippen LogP contribution is -2.49. The Hall–Kier alpha value is -5.64. The summed E-state index contributed by atoms with van der Waals surface area (Å²) < 4.78 is 8.69. The highest BCUT2D eigenvalue weighted by molar-refractivity contribution is 14.1. The van der Waals surface area contributed by atoms with Crippen molar-refractivity contribution in [2.24, 2.45) is 36.1 Å². The van der Waals surface area contributed by atoms with Crippen LogP contribution in [0.1, 0.15) is 52.7 Å². The zero-order valence-electron chi connectivity index (χ0n) is 33.9. The molecule has 0 bridgehead atoms. The van der Waals surface area contributed by atoms with E-state index in [1.165, 1.54) is 16.9 Å². The number of halogens is 2. The predicted octanol–water partition coefficient (Wildman–Crippen LogP) is 9.25. The van der Waals surface area contributed by atoms with Gasteiger partial charge in [0, 0.05) is 39.9 Å². The molecular weight excluding hydrogens is 939 g/mol. The standard InChI is InChI=1S/C48H38ClIN4O7S/c1-23-31-20-27(49)12-17-37(31)62-43(23)35-22-38(52(3)51-35)54-45(58)33-21-32-29(40(48(33,2)47(54)60)26-18-34(50)42(56)36(19-26)61-4)15-16-30-39(32)46(59)53(44(30)57)28-13-10-25(11-14-28)41(55)24-8-6-5-7-9-24/h5-15,17-20,22,30,32-33,39-40,56H,16,21H2,1-4H3/t30-,32+,33-,39-,40-,48+/m0/s1. The first kappa shape index (κ1) is 40.4. The van der Waals surface area contributed by atoms with Crippen molar-refractivity contribution in [3.63, 3.8) is 0 Å². The van der Waals surface area contributed by atoms with Crippen molar-refractivity contribution < 1.29 is 33.8 Å². The van der Waals surface area contributed by atoms with Crippen LogP contribution in [-0.4, -0.2) is 51.4 Å². The van der Waals surface area contributed by atoms with Gasteiger partial charge >= 0.3 is 0 Å². The second kappa shape index (κ2) is 14.7. The van der Waals surface area contributed by atoms with Crippen molar-refractivity contribution >= 4 is 96.5 Å². The average Bonchev–Trinajstić information content (AvgIpc) is 3.94. The molecule has 1 saturated carbocycles. The number of benzene rings is 4. The number of imide groups is 2. The molecular formula is C48H38ClIN4O7S. The van der Waals surface area contributed by atoms with E-state index >= 15 is 9.59 Å². The Labute approximate surface area is 379 Å². The smallest absolute Gasteiger partial charge is 0.242 e. The van der Waals surface area contributed by atoms with E-state index in [4.69, 9.17) is 21.4 Å². The molecule has 0 unspecified atom stereocenters. The number of hydrogen-bond acceptors (Lipinski definition) is 9. The summed E-state index contributed by atoms with van der Waals surface area (Å²) in [6.07, 6.45) is 2.40. The Balaban J connectivity index is 1.05. The first-order valence-corrected chi connectivity index (χ1v) is 22.5. The molecule has 2 aliphatic heterocycles. The summed E-state index contributed by atoms with van der Waals surface area (Å²) in [6, 6.07) is 26.4. The normalized spacial score (nSPS) is 24.4. The number of thiophene rings is 1. The molecule has 0 radical (unpaired) electrons. The molecule has 2 aliphatic carbocycles. The number of anilines is 2. The SMILES string of the molecule is COc1cc([C@H]2C3=CC[C@@H]4C(=O)N(c5ccc(C(=O)c6ccccc6)cc5)C(=O)[C@@H]4[C@@H]3C[C@H]3C(=O)N(c4cc(-c5sc6ccc(Cl)cc6c5C)nn4C)C(=O)[C@@]23C)cc(I)c1O. The number of ketones is 1. The number of amides is 4. The van der Waals surface area contributed by atoms with Crippen molar-refractivity contribution in [1.29, 1.82) is 0 Å². The molecule has 4 amide bonds. The maximum Gasteiger partial charge on any atom is 0.242 e. The Morgan fingerprint density at radius 1 is 0.919 bits per heavy atom. The lowest BCUT2D eigenvalue weighted by Gasteiger charge is -2.49. The molecule has 6 aromatic rings. The van der Waals surface area contributed by atoms with E-state index in [-0.39, 0.29) is 41.9 Å². The number of carbonyl (C=O) groups is 5. The van der Waals surface area contributed by atoms with Crippen molar-refractivity contribution in [3.05, 3.63) is 133 Å². The number of fused-ring (bicyclic) bond motifs is 5. The number of carbonyl (C=O) groups excluding carboxylic acids is 5. The van der Waals surface area contributed by atoms with Crippen LogP contribution in [0.2, 0.25) is 5.02 Å². The molecule has 2 saturated heterocycles. The number of aromatic hydroxyl groups is 1. The van der Waals surface area contributed by atoms with Crippen LogP contribution in [-0.2, 0) is 26.2 Å². The quantitative estimate of drug-likeness (QED) is 0.0724. The molecule has 1 N–H and O–H groups in total. The van der Waals surface area contributed by atoms with Gasteiger partial charge in [-0.25, -0.2) is 4.90 Å². The second-order valence-corrected chi connectivity index (χ2v) is 19.3. The van der Waals surface area contributed by atoms with Gasteiger partial charge in [0.05, 0.1) is 44.4 Å². The van der Waals surface area contributed by atoms with Gasteiger partial charge in [-0.3, -0.25) is 33.6 Å². The first-order valence-electron chi connectivity index (χ1n) is 20.2. The summed E-state index contributed by atoms with van der Waals surface area (Å²) in [4.78, 5) is 76.0. The van der Waals surface area contributed by atoms with Gasteiger partial charge in [0.15, 0.2) is 17.3 Å². The van der Waals surface area contributed by atoms with Crippen LogP contribution in [0.5, 0.6) is 11.5 Å². The van der Waals surface area contributed by atoms with Crippen molar-refractivity contribution in [1.82, 2.24) is 9.78 Å². The van der Waals surface area contributed by atoms with Crippen molar-refractivity contribution in [3.8, 4) is 22.1 Å². The van der Waals surface area contributed by atoms with Gasteiger partial charge in [-0.05, 0) is 126 Å². The van der Waals surface area contributed by atoms with E-state index in [1.807, 2.05) is 66.8 Å². The summed E-state index contributed by atoms with van der Waals surface area (Å²) in [5.41, 5.74) is 3.01. The minimum absolute atomic E-state index is 0.0519. The van der Waals surface area contributed by atoms with E-state index in [0.717, 1.165) is 26.1 Å². The summed E-state index contributed by atoms with van der Waals surface area (Å²) in [6.45, 7) is 3.82. The molecule has 4 heterocycles. The molecule has 0 spiro atoms. The number of phenols is 1. The second-order valence-electron chi connectivity index (χ2n) is 16.7. The summed E-state index contributed by atoms with van der Waals surface area (Å²) in [5.74, 6) is -4.92. The van der Waals surface area contributed by atoms with Crippen molar-refractivity contribution in [2.45, 2.75) is 32.6 Å². The molecule has 2 aromatic heterocycles. The molecule has 6 atom stereocenters. The van der Waals surface area contributed by atoms with E-state index in [9.17, 15) is 19.5 Å². The molecule has 11 nitrogen and oxygen atoms in total. The van der Waals surface area contributed by atoms with Gasteiger partial charge in [0.25, 0.3) is 0 Å². The Morgan fingerprint density at radius 2 is 1.65 bits per heavy atom. The third-order valence-electron chi connectivity index (χ3n) is 13.5. The number of aromatic nitrogens is 2. The third kappa shape index (κ3) is 5.87. The average molecular weight is 977 g/mol. The van der Waals surface area contributed by atoms with Crippen molar-refractivity contribution in [2.75, 3.05) is 16.9 Å². The van der Waals surface area contributed by atoms with Gasteiger partial charge in [0.2, 0.25) is 23.6 Å². The predicted molar refractivity (Wildman–Crippen MR) is 245 cm³/mol. The first-order chi connectivity index (χ1) is 29.7. The topological polar surface area (TPSA) is 139 Å². The van der Waals surface area contributed by atoms with Gasteiger partial charge < -0.3 is 9.84 Å². The number of aryl methyl sites for hydroxylation is 2. The van der Waals surface area contributed by atoms with Crippen LogP contribution in [0.15, 0.2) is 103 Å². The molecule has 4 aliphatic rings. The molecule has 10 rings (SSSR count). The van der Waals surface area contributed by atoms with E-state index in [2.05, 4.69) is 0 Å². The van der Waals surface area contributed by atoms with Gasteiger partial charge in [-0.15, -0.1) is 11.3 Å². The van der Waals surface area contributed by atoms with Crippen LogP contribution >= 0.6 is 45.5 Å². The van der Waals surface area contributed by atoms with Crippen LogP contribution in [0.4, 0.5) is 11.5 Å². The minimum Gasteiger partial charge on any atom is -0.504 e. The fourth-order valence-electron chi connectivity index (χ4n) is 10.5. The maximum atomic E-state index is 15.3. The molecule has 14 heteroatoms. The third-order valence-corrected chi connectivity index (χ3v) is 15.9. The van der Waals surface area contributed by atoms with E-state index in [0.29, 0.717) is 42.5 Å². The molecule has 312 valence electrons. The Morgan fingerprint density at radius 3 is 2.37 bits per heavy atom. The fourth-order valence-corrected chi connectivity index (χ4v) is 12.5. The van der Waals surface area contributed by atoms with Gasteiger partial charge in [-0.2, -0.15) is 5.10 Å². The molecule has 62 heavy (non-hydrogen) atoms. The van der Waals surface area contributed by atoms with Crippen LogP contribution in [0, 0.1) is 39.6 Å². The van der Waals surface area contributed by atoms with E-state index < -0.39 is 46.8 Å². The number of hydrogen-bond donors (Lipinski definition) is 1. The Kier molecular flexibility index (Phi) is 9.61. The summed E-state index contributed by atoms with van der Waals surface area (Å²) in [7, 11) is 3.16. The van der Waals surface area contributed by atoms with E-state index in [1.54, 1.807) is 89.8 Å². The van der Waals surface area contributed by atoms with Gasteiger partial charge in [0.1, 0.15) is 11.5 Å². The number of rotatable bonds is 7. The summed E-state index contributed by atoms with van der Waals surface area (Å²) in [5, 5.41) is 17.4.